The minimum atomic E-state index is -0.630. The highest BCUT2D eigenvalue weighted by Gasteiger charge is 2.50. The molecule has 4 atom stereocenters. The molecule has 17 heavy (non-hydrogen) atoms. The molecule has 4 aliphatic rings. The second-order valence-corrected chi connectivity index (χ2v) is 4.86. The quantitative estimate of drug-likeness (QED) is 0.630. The lowest BCUT2D eigenvalue weighted by atomic mass is 9.68. The summed E-state index contributed by atoms with van der Waals surface area (Å²) in [6.07, 6.45) is 8.27. The first kappa shape index (κ1) is 9.21. The van der Waals surface area contributed by atoms with Gasteiger partial charge in [0.1, 0.15) is 11.5 Å². The van der Waals surface area contributed by atoms with E-state index >= 15 is 0 Å². The van der Waals surface area contributed by atoms with E-state index in [-0.39, 0.29) is 18.1 Å². The third kappa shape index (κ3) is 0.940. The standard InChI is InChI=1S/C15H11NO/c16-9-15-8-7-11(13-5-6-14(15)17-13)10-3-1-2-4-12(10)15/h1-8,11,13-14H. The molecule has 3 heterocycles. The summed E-state index contributed by atoms with van der Waals surface area (Å²) in [4.78, 5) is 0. The summed E-state index contributed by atoms with van der Waals surface area (Å²) >= 11 is 0. The number of ether oxygens (including phenoxy) is 1. The maximum Gasteiger partial charge on any atom is 0.130 e. The van der Waals surface area contributed by atoms with Crippen LogP contribution in [0.15, 0.2) is 48.6 Å². The van der Waals surface area contributed by atoms with Gasteiger partial charge in [0.2, 0.25) is 0 Å². The molecule has 82 valence electrons. The molecular weight excluding hydrogens is 210 g/mol. The number of nitrogens with zero attached hydrogens (tertiary/aromatic N) is 1. The molecule has 1 aromatic rings. The Balaban J connectivity index is 2.09. The van der Waals surface area contributed by atoms with E-state index in [4.69, 9.17) is 4.74 Å². The van der Waals surface area contributed by atoms with Crippen molar-refractivity contribution in [2.45, 2.75) is 23.5 Å². The molecule has 3 aliphatic heterocycles. The van der Waals surface area contributed by atoms with Crippen LogP contribution >= 0.6 is 0 Å². The van der Waals surface area contributed by atoms with Crippen LogP contribution in [0, 0.1) is 11.3 Å². The van der Waals surface area contributed by atoms with Crippen LogP contribution in [0.25, 0.3) is 0 Å². The van der Waals surface area contributed by atoms with Crippen molar-refractivity contribution < 1.29 is 4.74 Å². The van der Waals surface area contributed by atoms with Gasteiger partial charge in [-0.1, -0.05) is 48.6 Å². The summed E-state index contributed by atoms with van der Waals surface area (Å²) in [5.41, 5.74) is 1.73. The maximum atomic E-state index is 9.64. The van der Waals surface area contributed by atoms with Gasteiger partial charge in [-0.3, -0.25) is 0 Å². The lowest BCUT2D eigenvalue weighted by Gasteiger charge is -2.31. The molecule has 0 amide bonds. The van der Waals surface area contributed by atoms with Crippen molar-refractivity contribution in [2.24, 2.45) is 0 Å². The maximum absolute atomic E-state index is 9.64. The second-order valence-electron chi connectivity index (χ2n) is 4.86. The Bertz CT molecular complexity index is 595. The number of rotatable bonds is 0. The number of nitriles is 1. The average Bonchev–Trinajstić information content (AvgIpc) is 2.76. The van der Waals surface area contributed by atoms with Crippen LogP contribution in [0.1, 0.15) is 17.0 Å². The molecule has 4 bridgehead atoms. The molecule has 0 radical (unpaired) electrons. The largest absolute Gasteiger partial charge is 0.364 e. The van der Waals surface area contributed by atoms with Crippen molar-refractivity contribution in [3.63, 3.8) is 0 Å². The van der Waals surface area contributed by atoms with E-state index in [0.29, 0.717) is 0 Å². The van der Waals surface area contributed by atoms with Gasteiger partial charge >= 0.3 is 0 Å². The van der Waals surface area contributed by atoms with Crippen LogP contribution in [0.4, 0.5) is 0 Å². The molecule has 2 heteroatoms. The van der Waals surface area contributed by atoms with E-state index in [1.807, 2.05) is 24.3 Å². The lowest BCUT2D eigenvalue weighted by Crippen LogP contribution is -2.36. The van der Waals surface area contributed by atoms with E-state index in [2.05, 4.69) is 30.4 Å². The lowest BCUT2D eigenvalue weighted by molar-refractivity contribution is 0.0446. The molecule has 1 aliphatic carbocycles. The fourth-order valence-corrected chi connectivity index (χ4v) is 3.24. The SMILES string of the molecule is N#CC12C=CC(c3ccccc31)C1C=CC2O1. The van der Waals surface area contributed by atoms with Crippen molar-refractivity contribution in [2.75, 3.05) is 0 Å². The van der Waals surface area contributed by atoms with Gasteiger partial charge in [0, 0.05) is 5.92 Å². The average molecular weight is 221 g/mol. The molecule has 1 aromatic carbocycles. The molecule has 0 saturated carbocycles. The number of hydrogen-bond acceptors (Lipinski definition) is 2. The third-order valence-corrected chi connectivity index (χ3v) is 4.10. The van der Waals surface area contributed by atoms with Crippen LogP contribution in [-0.2, 0) is 10.2 Å². The van der Waals surface area contributed by atoms with Gasteiger partial charge in [0.25, 0.3) is 0 Å². The summed E-state index contributed by atoms with van der Waals surface area (Å²) < 4.78 is 5.99. The fourth-order valence-electron chi connectivity index (χ4n) is 3.24. The van der Waals surface area contributed by atoms with E-state index < -0.39 is 5.41 Å². The highest BCUT2D eigenvalue weighted by atomic mass is 16.5. The molecule has 2 nitrogen and oxygen atoms in total. The minimum Gasteiger partial charge on any atom is -0.364 e. The first-order valence-electron chi connectivity index (χ1n) is 5.89. The number of hydrogen-bond donors (Lipinski definition) is 0. The van der Waals surface area contributed by atoms with E-state index in [1.165, 1.54) is 5.56 Å². The zero-order valence-electron chi connectivity index (χ0n) is 9.21. The van der Waals surface area contributed by atoms with E-state index in [9.17, 15) is 5.26 Å². The van der Waals surface area contributed by atoms with Gasteiger partial charge < -0.3 is 4.74 Å². The first-order chi connectivity index (χ1) is 8.35. The smallest absolute Gasteiger partial charge is 0.130 e. The van der Waals surface area contributed by atoms with Crippen molar-refractivity contribution in [3.8, 4) is 6.07 Å². The zero-order chi connectivity index (χ0) is 11.5. The fraction of sp³-hybridized carbons (Fsp3) is 0.267. The minimum absolute atomic E-state index is 0.0927. The Kier molecular flexibility index (Phi) is 1.56. The van der Waals surface area contributed by atoms with Crippen molar-refractivity contribution in [1.29, 1.82) is 5.26 Å². The van der Waals surface area contributed by atoms with Crippen molar-refractivity contribution >= 4 is 0 Å². The van der Waals surface area contributed by atoms with Crippen LogP contribution in [0.5, 0.6) is 0 Å². The van der Waals surface area contributed by atoms with Gasteiger partial charge in [-0.15, -0.1) is 0 Å². The van der Waals surface area contributed by atoms with Crippen LogP contribution in [0.2, 0.25) is 0 Å². The molecular formula is C15H11NO. The Hall–Kier alpha value is -1.85. The van der Waals surface area contributed by atoms with Gasteiger partial charge in [0.05, 0.1) is 12.2 Å². The predicted molar refractivity (Wildman–Crippen MR) is 63.4 cm³/mol. The van der Waals surface area contributed by atoms with Gasteiger partial charge in [-0.2, -0.15) is 5.26 Å². The van der Waals surface area contributed by atoms with Gasteiger partial charge in [-0.25, -0.2) is 0 Å². The third-order valence-electron chi connectivity index (χ3n) is 4.10. The van der Waals surface area contributed by atoms with Crippen LogP contribution in [0.3, 0.4) is 0 Å². The van der Waals surface area contributed by atoms with Crippen LogP contribution in [-0.4, -0.2) is 12.2 Å². The molecule has 0 fully saturated rings. The second kappa shape index (κ2) is 2.88. The number of benzene rings is 1. The Morgan fingerprint density at radius 1 is 1.18 bits per heavy atom. The Morgan fingerprint density at radius 2 is 2.06 bits per heavy atom. The van der Waals surface area contributed by atoms with Gasteiger partial charge in [-0.05, 0) is 11.1 Å². The first-order valence-corrected chi connectivity index (χ1v) is 5.89. The summed E-state index contributed by atoms with van der Waals surface area (Å²) in [7, 11) is 0. The molecule has 4 unspecified atom stereocenters. The van der Waals surface area contributed by atoms with Crippen molar-refractivity contribution in [1.82, 2.24) is 0 Å². The molecule has 0 spiro atoms. The predicted octanol–water partition coefficient (Wildman–Crippen LogP) is 2.44. The monoisotopic (exact) mass is 221 g/mol. The summed E-state index contributed by atoms with van der Waals surface area (Å²) in [6.45, 7) is 0. The Morgan fingerprint density at radius 3 is 2.94 bits per heavy atom. The van der Waals surface area contributed by atoms with Gasteiger partial charge in [0.15, 0.2) is 0 Å². The molecule has 0 aromatic heterocycles. The molecule has 0 N–H and O–H groups in total. The van der Waals surface area contributed by atoms with E-state index in [1.54, 1.807) is 0 Å². The molecule has 0 saturated heterocycles. The Labute approximate surface area is 99.8 Å². The normalized spacial score (nSPS) is 39.8. The highest BCUT2D eigenvalue weighted by molar-refractivity contribution is 5.56. The zero-order valence-corrected chi connectivity index (χ0v) is 9.21. The van der Waals surface area contributed by atoms with E-state index in [0.717, 1.165) is 5.56 Å². The van der Waals surface area contributed by atoms with Crippen LogP contribution < -0.4 is 0 Å². The molecule has 5 rings (SSSR count). The summed E-state index contributed by atoms with van der Waals surface area (Å²) in [5.74, 6) is 0.261. The summed E-state index contributed by atoms with van der Waals surface area (Å²) in [6, 6.07) is 10.7. The summed E-state index contributed by atoms with van der Waals surface area (Å²) in [5, 5.41) is 9.64. The van der Waals surface area contributed by atoms with Crippen molar-refractivity contribution in [3.05, 3.63) is 59.7 Å². The topological polar surface area (TPSA) is 33.0 Å². The highest BCUT2D eigenvalue weighted by Crippen LogP contribution is 2.49.